The van der Waals surface area contributed by atoms with Gasteiger partial charge in [-0.05, 0) is 42.3 Å². The fourth-order valence-corrected chi connectivity index (χ4v) is 5.56. The number of fused-ring (bicyclic) bond motifs is 4. The summed E-state index contributed by atoms with van der Waals surface area (Å²) in [5, 5.41) is 13.2. The van der Waals surface area contributed by atoms with Gasteiger partial charge < -0.3 is 28.8 Å². The fraction of sp³-hybridized carbons (Fsp3) is 0.250. The Kier molecular flexibility index (Phi) is 7.12. The molecule has 13 heteroatoms. The highest BCUT2D eigenvalue weighted by Gasteiger charge is 2.27. The average molecular weight is 576 g/mol. The van der Waals surface area contributed by atoms with E-state index in [4.69, 9.17) is 28.7 Å². The molecule has 0 radical (unpaired) electrons. The predicted octanol–water partition coefficient (Wildman–Crippen LogP) is 4.51. The Morgan fingerprint density at radius 3 is 2.71 bits per heavy atom. The Bertz CT molecular complexity index is 1750. The Morgan fingerprint density at radius 1 is 1.10 bits per heavy atom. The summed E-state index contributed by atoms with van der Waals surface area (Å²) in [6, 6.07) is 8.80. The van der Waals surface area contributed by atoms with Crippen LogP contribution in [0.15, 0.2) is 42.7 Å². The minimum atomic E-state index is -0.636. The highest BCUT2D eigenvalue weighted by molar-refractivity contribution is 7.22. The maximum atomic E-state index is 12.3. The minimum Gasteiger partial charge on any atom is -0.484 e. The van der Waals surface area contributed by atoms with E-state index in [1.165, 1.54) is 31.8 Å². The molecule has 0 aliphatic carbocycles. The summed E-state index contributed by atoms with van der Waals surface area (Å²) in [6.45, 7) is 1.96. The van der Waals surface area contributed by atoms with Gasteiger partial charge in [0.2, 0.25) is 11.8 Å². The van der Waals surface area contributed by atoms with Crippen molar-refractivity contribution in [3.63, 3.8) is 0 Å². The van der Waals surface area contributed by atoms with Crippen molar-refractivity contribution in [3.05, 3.63) is 53.9 Å². The van der Waals surface area contributed by atoms with E-state index in [1.54, 1.807) is 24.4 Å². The van der Waals surface area contributed by atoms with E-state index >= 15 is 0 Å². The first-order valence-corrected chi connectivity index (χ1v) is 13.4. The van der Waals surface area contributed by atoms with Crippen LogP contribution in [0, 0.1) is 6.92 Å². The number of rotatable bonds is 7. The molecule has 12 nitrogen and oxygen atoms in total. The molecule has 6 rings (SSSR count). The Hall–Kier alpha value is -4.75. The van der Waals surface area contributed by atoms with Gasteiger partial charge >= 0.3 is 6.09 Å². The third-order valence-electron chi connectivity index (χ3n) is 6.38. The van der Waals surface area contributed by atoms with E-state index in [0.717, 1.165) is 21.3 Å². The molecule has 0 saturated heterocycles. The zero-order valence-corrected chi connectivity index (χ0v) is 23.2. The van der Waals surface area contributed by atoms with Gasteiger partial charge in [-0.1, -0.05) is 0 Å². The second-order valence-electron chi connectivity index (χ2n) is 9.16. The Balaban J connectivity index is 1.23. The molecule has 210 valence electrons. The molecule has 1 atom stereocenters. The lowest BCUT2D eigenvalue weighted by molar-refractivity contribution is 0.0383. The van der Waals surface area contributed by atoms with Crippen LogP contribution in [-0.2, 0) is 11.3 Å². The maximum absolute atomic E-state index is 12.3. The van der Waals surface area contributed by atoms with Crippen molar-refractivity contribution in [1.29, 1.82) is 0 Å². The molecule has 3 aromatic heterocycles. The van der Waals surface area contributed by atoms with Crippen LogP contribution < -0.4 is 24.3 Å². The summed E-state index contributed by atoms with van der Waals surface area (Å²) in [7, 11) is 3.04. The first kappa shape index (κ1) is 26.5. The number of anilines is 1. The standard InChI is InChI=1S/C28H25N5O7S/c1-14-6-20-25(38-12-17(40-20)13-39-28(35)31-16-4-5-21(36-2)29-9-16)26-23(14)33-27(41-26)18-7-15(11-34)8-19-24(18)30-10-22(32-19)37-3/h4-10,17,34H,11-13H2,1-3H3,(H,31,35). The summed E-state index contributed by atoms with van der Waals surface area (Å²) in [4.78, 5) is 30.2. The molecule has 0 saturated carbocycles. The lowest BCUT2D eigenvalue weighted by Crippen LogP contribution is -2.35. The van der Waals surface area contributed by atoms with Gasteiger partial charge in [-0.2, -0.15) is 0 Å². The number of hydrogen-bond acceptors (Lipinski definition) is 12. The molecule has 1 aliphatic heterocycles. The number of benzene rings is 2. The third kappa shape index (κ3) is 5.24. The topological polar surface area (TPSA) is 147 Å². The molecule has 2 aromatic carbocycles. The Morgan fingerprint density at radius 2 is 1.95 bits per heavy atom. The average Bonchev–Trinajstić information content (AvgIpc) is 3.46. The van der Waals surface area contributed by atoms with E-state index in [0.29, 0.717) is 50.6 Å². The van der Waals surface area contributed by atoms with Gasteiger partial charge in [0.1, 0.15) is 22.9 Å². The summed E-state index contributed by atoms with van der Waals surface area (Å²) in [5.41, 5.74) is 4.82. The number of ether oxygens (including phenoxy) is 5. The number of amides is 1. The number of aryl methyl sites for hydroxylation is 1. The van der Waals surface area contributed by atoms with Gasteiger partial charge in [-0.15, -0.1) is 11.3 Å². The van der Waals surface area contributed by atoms with Crippen LogP contribution in [0.25, 0.3) is 31.8 Å². The van der Waals surface area contributed by atoms with Gasteiger partial charge in [0.25, 0.3) is 0 Å². The number of hydrogen-bond donors (Lipinski definition) is 2. The largest absolute Gasteiger partial charge is 0.484 e. The first-order chi connectivity index (χ1) is 19.9. The van der Waals surface area contributed by atoms with Crippen LogP contribution >= 0.6 is 11.3 Å². The number of aliphatic hydroxyl groups is 1. The number of aliphatic hydroxyl groups excluding tert-OH is 1. The second-order valence-corrected chi connectivity index (χ2v) is 10.2. The number of nitrogens with one attached hydrogen (secondary N) is 1. The summed E-state index contributed by atoms with van der Waals surface area (Å²) < 4.78 is 28.7. The van der Waals surface area contributed by atoms with E-state index in [-0.39, 0.29) is 19.8 Å². The van der Waals surface area contributed by atoms with Crippen LogP contribution in [-0.4, -0.2) is 64.7 Å². The maximum Gasteiger partial charge on any atom is 0.411 e. The number of pyridine rings is 1. The van der Waals surface area contributed by atoms with Gasteiger partial charge in [0.15, 0.2) is 17.6 Å². The first-order valence-electron chi connectivity index (χ1n) is 12.6. The van der Waals surface area contributed by atoms with Crippen molar-refractivity contribution in [2.75, 3.05) is 32.8 Å². The molecule has 41 heavy (non-hydrogen) atoms. The minimum absolute atomic E-state index is 0.0119. The summed E-state index contributed by atoms with van der Waals surface area (Å²) >= 11 is 1.44. The predicted molar refractivity (Wildman–Crippen MR) is 151 cm³/mol. The van der Waals surface area contributed by atoms with Crippen molar-refractivity contribution >= 4 is 44.4 Å². The molecular weight excluding hydrogens is 550 g/mol. The number of nitrogens with zero attached hydrogens (tertiary/aromatic N) is 4. The van der Waals surface area contributed by atoms with Crippen LogP contribution in [0.1, 0.15) is 11.1 Å². The molecule has 0 fully saturated rings. The van der Waals surface area contributed by atoms with E-state index in [1.807, 2.05) is 19.1 Å². The molecular formula is C28H25N5O7S. The van der Waals surface area contributed by atoms with Crippen LogP contribution in [0.5, 0.6) is 23.3 Å². The lowest BCUT2D eigenvalue weighted by Gasteiger charge is -2.26. The molecule has 1 amide bonds. The van der Waals surface area contributed by atoms with Crippen molar-refractivity contribution in [2.24, 2.45) is 0 Å². The van der Waals surface area contributed by atoms with Gasteiger partial charge in [0, 0.05) is 11.6 Å². The highest BCUT2D eigenvalue weighted by Crippen LogP contribution is 2.46. The number of carbonyl (C=O) groups is 1. The zero-order chi connectivity index (χ0) is 28.5. The van der Waals surface area contributed by atoms with E-state index in [2.05, 4.69) is 20.3 Å². The molecule has 4 heterocycles. The van der Waals surface area contributed by atoms with Crippen molar-refractivity contribution in [1.82, 2.24) is 19.9 Å². The molecule has 2 N–H and O–H groups in total. The number of thiazole rings is 1. The zero-order valence-electron chi connectivity index (χ0n) is 22.3. The quantitative estimate of drug-likeness (QED) is 0.282. The van der Waals surface area contributed by atoms with Gasteiger partial charge in [-0.3, -0.25) is 5.32 Å². The van der Waals surface area contributed by atoms with E-state index < -0.39 is 12.2 Å². The lowest BCUT2D eigenvalue weighted by atomic mass is 10.1. The molecule has 1 unspecified atom stereocenters. The van der Waals surface area contributed by atoms with Crippen LogP contribution in [0.4, 0.5) is 10.5 Å². The van der Waals surface area contributed by atoms with Gasteiger partial charge in [0.05, 0.1) is 55.5 Å². The molecule has 1 aliphatic rings. The van der Waals surface area contributed by atoms with Crippen LogP contribution in [0.3, 0.4) is 0 Å². The number of methoxy groups -OCH3 is 2. The second kappa shape index (κ2) is 11.0. The number of aromatic nitrogens is 4. The fourth-order valence-electron chi connectivity index (χ4n) is 4.41. The van der Waals surface area contributed by atoms with Crippen molar-refractivity contribution in [3.8, 4) is 33.8 Å². The smallest absolute Gasteiger partial charge is 0.411 e. The summed E-state index contributed by atoms with van der Waals surface area (Å²) in [6.07, 6.45) is 1.89. The molecule has 5 aromatic rings. The van der Waals surface area contributed by atoms with Gasteiger partial charge in [-0.25, -0.2) is 24.7 Å². The molecule has 0 spiro atoms. The monoisotopic (exact) mass is 575 g/mol. The number of carbonyl (C=O) groups excluding carboxylic acids is 1. The van der Waals surface area contributed by atoms with Crippen molar-refractivity contribution in [2.45, 2.75) is 19.6 Å². The Labute approximate surface area is 237 Å². The van der Waals surface area contributed by atoms with Crippen LogP contribution in [0.2, 0.25) is 0 Å². The summed E-state index contributed by atoms with van der Waals surface area (Å²) in [5.74, 6) is 1.94. The molecule has 0 bridgehead atoms. The van der Waals surface area contributed by atoms with E-state index in [9.17, 15) is 9.90 Å². The van der Waals surface area contributed by atoms with Crippen molar-refractivity contribution < 1.29 is 33.6 Å². The normalized spacial score (nSPS) is 14.2. The third-order valence-corrected chi connectivity index (χ3v) is 7.47. The SMILES string of the molecule is COc1ccc(NC(=O)OCC2COc3c(cc(C)c4nc(-c5cc(CO)cc6nc(OC)cnc56)sc34)O2)cn1. The highest BCUT2D eigenvalue weighted by atomic mass is 32.1.